The molecular formula is C14H12O4S. The summed E-state index contributed by atoms with van der Waals surface area (Å²) in [6, 6.07) is 11.3. The van der Waals surface area contributed by atoms with Gasteiger partial charge in [0.15, 0.2) is 0 Å². The Morgan fingerprint density at radius 3 is 2.53 bits per heavy atom. The Bertz CT molecular complexity index is 610. The molecule has 0 radical (unpaired) electrons. The van der Waals surface area contributed by atoms with Gasteiger partial charge in [-0.25, -0.2) is 4.79 Å². The molecular weight excluding hydrogens is 264 g/mol. The van der Waals surface area contributed by atoms with Crippen LogP contribution < -0.4 is 0 Å². The minimum atomic E-state index is -1.04. The van der Waals surface area contributed by atoms with Gasteiger partial charge in [-0.3, -0.25) is 0 Å². The summed E-state index contributed by atoms with van der Waals surface area (Å²) < 4.78 is 0. The van der Waals surface area contributed by atoms with Crippen LogP contribution in [0.25, 0.3) is 0 Å². The maximum absolute atomic E-state index is 10.9. The molecule has 2 aromatic carbocycles. The highest BCUT2D eigenvalue weighted by atomic mass is 32.2. The second-order valence-electron chi connectivity index (χ2n) is 3.86. The second-order valence-corrected chi connectivity index (χ2v) is 4.94. The predicted octanol–water partition coefficient (Wildman–Crippen LogP) is 2.73. The fraction of sp³-hybridized carbons (Fsp3) is 0.0714. The number of phenolic OH excluding ortho intramolecular Hbond substituents is 1. The van der Waals surface area contributed by atoms with E-state index in [0.29, 0.717) is 4.90 Å². The van der Waals surface area contributed by atoms with E-state index in [9.17, 15) is 15.0 Å². The minimum absolute atomic E-state index is 0.0164. The Kier molecular flexibility index (Phi) is 4.09. The lowest BCUT2D eigenvalue weighted by Gasteiger charge is -2.08. The van der Waals surface area contributed by atoms with Gasteiger partial charge in [0, 0.05) is 4.90 Å². The fourth-order valence-corrected chi connectivity index (χ4v) is 2.59. The number of carboxylic acids is 1. The first-order valence-electron chi connectivity index (χ1n) is 5.54. The molecule has 19 heavy (non-hydrogen) atoms. The van der Waals surface area contributed by atoms with Crippen molar-refractivity contribution < 1.29 is 20.1 Å². The van der Waals surface area contributed by atoms with E-state index in [1.54, 1.807) is 6.07 Å². The molecule has 0 aromatic heterocycles. The van der Waals surface area contributed by atoms with Crippen molar-refractivity contribution in [3.8, 4) is 5.75 Å². The second kappa shape index (κ2) is 5.77. The zero-order valence-corrected chi connectivity index (χ0v) is 10.7. The van der Waals surface area contributed by atoms with Gasteiger partial charge >= 0.3 is 5.97 Å². The third kappa shape index (κ3) is 3.07. The van der Waals surface area contributed by atoms with E-state index in [-0.39, 0.29) is 17.9 Å². The highest BCUT2D eigenvalue weighted by molar-refractivity contribution is 7.99. The van der Waals surface area contributed by atoms with Gasteiger partial charge < -0.3 is 15.3 Å². The number of aliphatic hydroxyl groups is 1. The van der Waals surface area contributed by atoms with Gasteiger partial charge in [-0.2, -0.15) is 0 Å². The highest BCUT2D eigenvalue weighted by Gasteiger charge is 2.10. The van der Waals surface area contributed by atoms with Crippen molar-refractivity contribution in [1.29, 1.82) is 0 Å². The Labute approximate surface area is 114 Å². The molecule has 0 aliphatic heterocycles. The smallest absolute Gasteiger partial charge is 0.335 e. The van der Waals surface area contributed by atoms with Gasteiger partial charge in [-0.1, -0.05) is 30.0 Å². The van der Waals surface area contributed by atoms with Crippen LogP contribution >= 0.6 is 11.8 Å². The number of aliphatic hydroxyl groups excluding tert-OH is 1. The minimum Gasteiger partial charge on any atom is -0.507 e. The lowest BCUT2D eigenvalue weighted by molar-refractivity contribution is 0.0696. The van der Waals surface area contributed by atoms with Crippen molar-refractivity contribution in [2.75, 3.05) is 0 Å². The number of hydrogen-bond donors (Lipinski definition) is 3. The van der Waals surface area contributed by atoms with Crippen molar-refractivity contribution in [1.82, 2.24) is 0 Å². The number of phenols is 1. The van der Waals surface area contributed by atoms with E-state index < -0.39 is 5.97 Å². The number of hydrogen-bond acceptors (Lipinski definition) is 4. The molecule has 0 heterocycles. The summed E-state index contributed by atoms with van der Waals surface area (Å²) in [5, 5.41) is 27.9. The number of aromatic carboxylic acids is 1. The molecule has 0 unspecified atom stereocenters. The van der Waals surface area contributed by atoms with Crippen molar-refractivity contribution >= 4 is 17.7 Å². The molecule has 0 aliphatic rings. The zero-order chi connectivity index (χ0) is 13.8. The lowest BCUT2D eigenvalue weighted by Crippen LogP contribution is -1.96. The van der Waals surface area contributed by atoms with Gasteiger partial charge in [-0.05, 0) is 29.8 Å². The maximum Gasteiger partial charge on any atom is 0.335 e. The average molecular weight is 276 g/mol. The van der Waals surface area contributed by atoms with Crippen LogP contribution in [-0.2, 0) is 6.61 Å². The van der Waals surface area contributed by atoms with Crippen molar-refractivity contribution in [3.63, 3.8) is 0 Å². The first kappa shape index (κ1) is 13.5. The van der Waals surface area contributed by atoms with Gasteiger partial charge in [0.05, 0.1) is 17.1 Å². The number of aromatic hydroxyl groups is 1. The van der Waals surface area contributed by atoms with Gasteiger partial charge in [0.2, 0.25) is 0 Å². The average Bonchev–Trinajstić information content (AvgIpc) is 2.41. The summed E-state index contributed by atoms with van der Waals surface area (Å²) in [6.45, 7) is -0.109. The zero-order valence-electron chi connectivity index (χ0n) is 9.91. The number of rotatable bonds is 4. The summed E-state index contributed by atoms with van der Waals surface area (Å²) in [6.07, 6.45) is 0. The van der Waals surface area contributed by atoms with Crippen molar-refractivity contribution in [2.45, 2.75) is 16.4 Å². The molecule has 0 saturated heterocycles. The molecule has 98 valence electrons. The highest BCUT2D eigenvalue weighted by Crippen LogP contribution is 2.36. The van der Waals surface area contributed by atoms with E-state index in [4.69, 9.17) is 5.11 Å². The molecule has 0 bridgehead atoms. The predicted molar refractivity (Wildman–Crippen MR) is 71.6 cm³/mol. The summed E-state index contributed by atoms with van der Waals surface area (Å²) in [5.41, 5.74) is 0.842. The van der Waals surface area contributed by atoms with Crippen LogP contribution in [0.4, 0.5) is 0 Å². The summed E-state index contributed by atoms with van der Waals surface area (Å²) in [7, 11) is 0. The van der Waals surface area contributed by atoms with E-state index in [1.165, 1.54) is 30.0 Å². The number of carbonyl (C=O) groups is 1. The monoisotopic (exact) mass is 276 g/mol. The molecule has 5 heteroatoms. The Hall–Kier alpha value is -1.98. The Balaban J connectivity index is 2.37. The maximum atomic E-state index is 10.9. The first-order chi connectivity index (χ1) is 9.11. The van der Waals surface area contributed by atoms with Crippen LogP contribution in [0.2, 0.25) is 0 Å². The van der Waals surface area contributed by atoms with E-state index in [0.717, 1.165) is 10.5 Å². The molecule has 0 fully saturated rings. The molecule has 0 spiro atoms. The number of benzene rings is 2. The fourth-order valence-electron chi connectivity index (χ4n) is 1.58. The first-order valence-corrected chi connectivity index (χ1v) is 6.36. The quantitative estimate of drug-likeness (QED) is 0.800. The van der Waals surface area contributed by atoms with Crippen LogP contribution in [0.5, 0.6) is 5.75 Å². The SMILES string of the molecule is O=C(O)c1ccc(O)c(Sc2ccccc2CO)c1. The van der Waals surface area contributed by atoms with Crippen LogP contribution in [-0.4, -0.2) is 21.3 Å². The standard InChI is InChI=1S/C14H12O4S/c15-8-10-3-1-2-4-12(10)19-13-7-9(14(17)18)5-6-11(13)16/h1-7,15-16H,8H2,(H,17,18). The molecule has 4 nitrogen and oxygen atoms in total. The van der Waals surface area contributed by atoms with Crippen molar-refractivity contribution in [2.24, 2.45) is 0 Å². The molecule has 2 aromatic rings. The van der Waals surface area contributed by atoms with Crippen LogP contribution in [0, 0.1) is 0 Å². The summed E-state index contributed by atoms with van der Waals surface area (Å²) in [4.78, 5) is 12.1. The van der Waals surface area contributed by atoms with Gasteiger partial charge in [0.1, 0.15) is 5.75 Å². The Morgan fingerprint density at radius 2 is 1.84 bits per heavy atom. The largest absolute Gasteiger partial charge is 0.507 e. The van der Waals surface area contributed by atoms with E-state index in [1.807, 2.05) is 18.2 Å². The Morgan fingerprint density at radius 1 is 1.11 bits per heavy atom. The third-order valence-corrected chi connectivity index (χ3v) is 3.73. The molecule has 3 N–H and O–H groups in total. The molecule has 0 atom stereocenters. The van der Waals surface area contributed by atoms with Crippen LogP contribution in [0.1, 0.15) is 15.9 Å². The molecule has 0 amide bonds. The summed E-state index contributed by atoms with van der Waals surface area (Å²) >= 11 is 1.22. The number of carboxylic acid groups (broad SMARTS) is 1. The van der Waals surface area contributed by atoms with Gasteiger partial charge in [0.25, 0.3) is 0 Å². The molecule has 2 rings (SSSR count). The van der Waals surface area contributed by atoms with Gasteiger partial charge in [-0.15, -0.1) is 0 Å². The van der Waals surface area contributed by atoms with Crippen LogP contribution in [0.15, 0.2) is 52.3 Å². The topological polar surface area (TPSA) is 77.8 Å². The molecule has 0 aliphatic carbocycles. The molecule has 0 saturated carbocycles. The van der Waals surface area contributed by atoms with E-state index in [2.05, 4.69) is 0 Å². The van der Waals surface area contributed by atoms with E-state index >= 15 is 0 Å². The lowest BCUT2D eigenvalue weighted by atomic mass is 10.2. The van der Waals surface area contributed by atoms with Crippen molar-refractivity contribution in [3.05, 3.63) is 53.6 Å². The normalized spacial score (nSPS) is 10.4. The van der Waals surface area contributed by atoms with Crippen LogP contribution in [0.3, 0.4) is 0 Å². The third-order valence-electron chi connectivity index (χ3n) is 2.57. The summed E-state index contributed by atoms with van der Waals surface area (Å²) in [5.74, 6) is -1.03.